The predicted molar refractivity (Wildman–Crippen MR) is 78.4 cm³/mol. The van der Waals surface area contributed by atoms with Gasteiger partial charge in [-0.25, -0.2) is 4.39 Å². The van der Waals surface area contributed by atoms with Crippen molar-refractivity contribution in [3.05, 3.63) is 29.1 Å². The lowest BCUT2D eigenvalue weighted by atomic mass is 10.0. The summed E-state index contributed by atoms with van der Waals surface area (Å²) in [5.41, 5.74) is 2.72. The van der Waals surface area contributed by atoms with Crippen LogP contribution in [0.5, 0.6) is 0 Å². The Morgan fingerprint density at radius 2 is 2.11 bits per heavy atom. The second-order valence-electron chi connectivity index (χ2n) is 4.85. The van der Waals surface area contributed by atoms with Gasteiger partial charge in [-0.05, 0) is 43.7 Å². The molecule has 0 aromatic heterocycles. The van der Waals surface area contributed by atoms with Crippen LogP contribution in [0.15, 0.2) is 12.1 Å². The number of hydrogen-bond acceptors (Lipinski definition) is 3. The minimum Gasteiger partial charge on any atom is -0.383 e. The van der Waals surface area contributed by atoms with Gasteiger partial charge < -0.3 is 15.0 Å². The Bertz CT molecular complexity index is 409. The van der Waals surface area contributed by atoms with Crippen molar-refractivity contribution in [2.75, 3.05) is 38.8 Å². The maximum atomic E-state index is 13.8. The quantitative estimate of drug-likeness (QED) is 0.823. The minimum absolute atomic E-state index is 0.125. The maximum absolute atomic E-state index is 13.8. The number of methoxy groups -OCH3 is 1. The van der Waals surface area contributed by atoms with Crippen molar-refractivity contribution < 1.29 is 9.13 Å². The highest BCUT2D eigenvalue weighted by atomic mass is 19.1. The molecule has 0 aliphatic heterocycles. The zero-order chi connectivity index (χ0) is 14.4. The van der Waals surface area contributed by atoms with E-state index in [1.165, 1.54) is 0 Å². The fourth-order valence-electron chi connectivity index (χ4n) is 2.12. The highest BCUT2D eigenvalue weighted by molar-refractivity contribution is 5.56. The summed E-state index contributed by atoms with van der Waals surface area (Å²) < 4.78 is 18.9. The molecule has 0 spiro atoms. The molecule has 0 aliphatic rings. The third-order valence-electron chi connectivity index (χ3n) is 3.33. The molecule has 1 aromatic carbocycles. The summed E-state index contributed by atoms with van der Waals surface area (Å²) in [7, 11) is 3.69. The van der Waals surface area contributed by atoms with Crippen molar-refractivity contribution in [3.8, 4) is 0 Å². The minimum atomic E-state index is -0.149. The van der Waals surface area contributed by atoms with E-state index >= 15 is 0 Å². The zero-order valence-electron chi connectivity index (χ0n) is 12.6. The highest BCUT2D eigenvalue weighted by Crippen LogP contribution is 2.28. The summed E-state index contributed by atoms with van der Waals surface area (Å²) in [6.45, 7) is 8.20. The molecule has 0 aliphatic carbocycles. The van der Waals surface area contributed by atoms with Gasteiger partial charge in [0, 0.05) is 32.4 Å². The molecule has 1 rings (SSSR count). The number of hydrogen-bond donors (Lipinski definition) is 1. The number of ether oxygens (including phenoxy) is 1. The molecular formula is C15H25FN2O. The van der Waals surface area contributed by atoms with E-state index in [9.17, 15) is 4.39 Å². The SMILES string of the molecule is CCNC(C)c1cc(F)c(C)cc1N(C)CCOC. The molecule has 0 fully saturated rings. The van der Waals surface area contributed by atoms with Crippen molar-refractivity contribution >= 4 is 5.69 Å². The number of likely N-dealkylation sites (N-methyl/N-ethyl adjacent to an activating group) is 1. The fourth-order valence-corrected chi connectivity index (χ4v) is 2.12. The van der Waals surface area contributed by atoms with Crippen molar-refractivity contribution in [3.63, 3.8) is 0 Å². The Morgan fingerprint density at radius 1 is 1.42 bits per heavy atom. The molecule has 4 heteroatoms. The van der Waals surface area contributed by atoms with Crippen molar-refractivity contribution in [1.29, 1.82) is 0 Å². The molecular weight excluding hydrogens is 243 g/mol. The lowest BCUT2D eigenvalue weighted by Crippen LogP contribution is -2.26. The average Bonchev–Trinajstić information content (AvgIpc) is 2.38. The van der Waals surface area contributed by atoms with Crippen LogP contribution in [0.1, 0.15) is 31.0 Å². The lowest BCUT2D eigenvalue weighted by molar-refractivity contribution is 0.206. The van der Waals surface area contributed by atoms with Gasteiger partial charge in [0.2, 0.25) is 0 Å². The first-order valence-electron chi connectivity index (χ1n) is 6.74. The Morgan fingerprint density at radius 3 is 2.68 bits per heavy atom. The molecule has 0 bridgehead atoms. The lowest BCUT2D eigenvalue weighted by Gasteiger charge is -2.26. The number of aryl methyl sites for hydroxylation is 1. The number of benzene rings is 1. The zero-order valence-corrected chi connectivity index (χ0v) is 12.6. The first-order chi connectivity index (χ1) is 9.01. The molecule has 0 saturated carbocycles. The van der Waals surface area contributed by atoms with E-state index in [0.717, 1.165) is 24.3 Å². The van der Waals surface area contributed by atoms with Gasteiger partial charge in [0.1, 0.15) is 5.82 Å². The van der Waals surface area contributed by atoms with Crippen LogP contribution in [0.25, 0.3) is 0 Å². The van der Waals surface area contributed by atoms with E-state index in [2.05, 4.69) is 24.1 Å². The number of nitrogens with one attached hydrogen (secondary N) is 1. The van der Waals surface area contributed by atoms with E-state index in [4.69, 9.17) is 4.74 Å². The first kappa shape index (κ1) is 15.9. The number of rotatable bonds is 7. The van der Waals surface area contributed by atoms with Crippen molar-refractivity contribution in [1.82, 2.24) is 5.32 Å². The Kier molecular flexibility index (Phi) is 6.25. The monoisotopic (exact) mass is 268 g/mol. The van der Waals surface area contributed by atoms with Crippen LogP contribution in [0.3, 0.4) is 0 Å². The molecule has 0 saturated heterocycles. The second kappa shape index (κ2) is 7.46. The molecule has 1 atom stereocenters. The van der Waals surface area contributed by atoms with E-state index in [1.54, 1.807) is 20.1 Å². The second-order valence-corrected chi connectivity index (χ2v) is 4.85. The van der Waals surface area contributed by atoms with Gasteiger partial charge in [0.05, 0.1) is 6.61 Å². The molecule has 0 amide bonds. The predicted octanol–water partition coefficient (Wildman–Crippen LogP) is 2.89. The van der Waals surface area contributed by atoms with Crippen LogP contribution in [0.4, 0.5) is 10.1 Å². The normalized spacial score (nSPS) is 12.5. The smallest absolute Gasteiger partial charge is 0.126 e. The van der Waals surface area contributed by atoms with E-state index in [1.807, 2.05) is 13.1 Å². The summed E-state index contributed by atoms with van der Waals surface area (Å²) in [6.07, 6.45) is 0. The van der Waals surface area contributed by atoms with Gasteiger partial charge in [0.15, 0.2) is 0 Å². The molecule has 0 radical (unpaired) electrons. The van der Waals surface area contributed by atoms with Crippen LogP contribution in [-0.4, -0.2) is 33.9 Å². The van der Waals surface area contributed by atoms with Gasteiger partial charge in [-0.2, -0.15) is 0 Å². The molecule has 19 heavy (non-hydrogen) atoms. The van der Waals surface area contributed by atoms with Crippen molar-refractivity contribution in [2.24, 2.45) is 0 Å². The standard InChI is InChI=1S/C15H25FN2O/c1-6-17-12(3)13-10-14(16)11(2)9-15(13)18(4)7-8-19-5/h9-10,12,17H,6-8H2,1-5H3. The van der Waals surface area contributed by atoms with Gasteiger partial charge in [-0.1, -0.05) is 6.92 Å². The molecule has 1 N–H and O–H groups in total. The summed E-state index contributed by atoms with van der Waals surface area (Å²) in [5, 5.41) is 3.34. The van der Waals surface area contributed by atoms with Gasteiger partial charge in [-0.15, -0.1) is 0 Å². The average molecular weight is 268 g/mol. The van der Waals surface area contributed by atoms with Gasteiger partial charge >= 0.3 is 0 Å². The van der Waals surface area contributed by atoms with E-state index in [-0.39, 0.29) is 11.9 Å². The van der Waals surface area contributed by atoms with Crippen LogP contribution >= 0.6 is 0 Å². The van der Waals surface area contributed by atoms with Crippen LogP contribution in [-0.2, 0) is 4.74 Å². The molecule has 3 nitrogen and oxygen atoms in total. The third-order valence-corrected chi connectivity index (χ3v) is 3.33. The molecule has 1 aromatic rings. The molecule has 108 valence electrons. The van der Waals surface area contributed by atoms with E-state index < -0.39 is 0 Å². The summed E-state index contributed by atoms with van der Waals surface area (Å²) in [5.74, 6) is -0.149. The van der Waals surface area contributed by atoms with Gasteiger partial charge in [0.25, 0.3) is 0 Å². The Balaban J connectivity index is 3.08. The highest BCUT2D eigenvalue weighted by Gasteiger charge is 2.15. The Labute approximate surface area is 115 Å². The summed E-state index contributed by atoms with van der Waals surface area (Å²) in [4.78, 5) is 2.11. The van der Waals surface area contributed by atoms with E-state index in [0.29, 0.717) is 12.2 Å². The topological polar surface area (TPSA) is 24.5 Å². The first-order valence-corrected chi connectivity index (χ1v) is 6.74. The molecule has 1 unspecified atom stereocenters. The summed E-state index contributed by atoms with van der Waals surface area (Å²) in [6, 6.07) is 3.68. The number of nitrogens with zero attached hydrogens (tertiary/aromatic N) is 1. The fraction of sp³-hybridized carbons (Fsp3) is 0.600. The largest absolute Gasteiger partial charge is 0.383 e. The van der Waals surface area contributed by atoms with Crippen LogP contribution < -0.4 is 10.2 Å². The third kappa shape index (κ3) is 4.18. The van der Waals surface area contributed by atoms with Crippen LogP contribution in [0.2, 0.25) is 0 Å². The maximum Gasteiger partial charge on any atom is 0.126 e. The number of anilines is 1. The summed E-state index contributed by atoms with van der Waals surface area (Å²) >= 11 is 0. The number of halogens is 1. The molecule has 0 heterocycles. The van der Waals surface area contributed by atoms with Gasteiger partial charge in [-0.3, -0.25) is 0 Å². The Hall–Kier alpha value is -1.13. The van der Waals surface area contributed by atoms with Crippen molar-refractivity contribution in [2.45, 2.75) is 26.8 Å². The van der Waals surface area contributed by atoms with Crippen LogP contribution in [0, 0.1) is 12.7 Å².